The molecule has 0 N–H and O–H groups in total. The fourth-order valence-corrected chi connectivity index (χ4v) is 1.38. The molecule has 1 rings (SSSR count). The number of carbonyl (C=O) groups excluding carboxylic acids is 1. The molecule has 0 aromatic heterocycles. The van der Waals surface area contributed by atoms with Crippen molar-refractivity contribution in [3.05, 3.63) is 34.1 Å². The maximum atomic E-state index is 13.1. The molecule has 0 aliphatic carbocycles. The predicted molar refractivity (Wildman–Crippen MR) is 61.1 cm³/mol. The Balaban J connectivity index is 2.73. The molecule has 0 heterocycles. The van der Waals surface area contributed by atoms with Gasteiger partial charge in [-0.2, -0.15) is 0 Å². The molecule has 0 fully saturated rings. The Bertz CT molecular complexity index is 368. The summed E-state index contributed by atoms with van der Waals surface area (Å²) in [6.07, 6.45) is 0.245. The second kappa shape index (κ2) is 5.26. The van der Waals surface area contributed by atoms with Crippen LogP contribution in [0.2, 0.25) is 0 Å². The minimum Gasteiger partial charge on any atom is -0.346 e. The molecule has 0 unspecified atom stereocenters. The molecular weight excluding hydrogens is 261 g/mol. The second-order valence-corrected chi connectivity index (χ2v) is 4.19. The smallest absolute Gasteiger partial charge is 0.226 e. The number of likely N-dealkylation sites (N-methyl/N-ethyl adjacent to an activating group) is 1. The van der Waals surface area contributed by atoms with Gasteiger partial charge in [-0.3, -0.25) is 4.79 Å². The van der Waals surface area contributed by atoms with Crippen LogP contribution in [0.15, 0.2) is 22.7 Å². The van der Waals surface area contributed by atoms with Crippen molar-refractivity contribution in [1.29, 1.82) is 0 Å². The summed E-state index contributed by atoms with van der Waals surface area (Å²) in [4.78, 5) is 13.1. The van der Waals surface area contributed by atoms with Crippen molar-refractivity contribution in [3.63, 3.8) is 0 Å². The average molecular weight is 274 g/mol. The summed E-state index contributed by atoms with van der Waals surface area (Å²) in [5.74, 6) is -0.335. The number of rotatable bonds is 3. The summed E-state index contributed by atoms with van der Waals surface area (Å²) in [5, 5.41) is 0. The topological polar surface area (TPSA) is 20.3 Å². The second-order valence-electron chi connectivity index (χ2n) is 3.33. The molecule has 0 spiro atoms. The highest BCUT2D eigenvalue weighted by Crippen LogP contribution is 2.16. The summed E-state index contributed by atoms with van der Waals surface area (Å²) >= 11 is 3.07. The lowest BCUT2D eigenvalue weighted by Crippen LogP contribution is -2.27. The van der Waals surface area contributed by atoms with Crippen molar-refractivity contribution in [2.45, 2.75) is 13.3 Å². The van der Waals surface area contributed by atoms with E-state index in [2.05, 4.69) is 15.9 Å². The molecule has 0 bridgehead atoms. The molecule has 0 aliphatic rings. The molecule has 1 aromatic carbocycles. The van der Waals surface area contributed by atoms with Crippen molar-refractivity contribution >= 4 is 21.8 Å². The van der Waals surface area contributed by atoms with Gasteiger partial charge in [0.1, 0.15) is 5.82 Å². The van der Waals surface area contributed by atoms with Crippen LogP contribution < -0.4 is 0 Å². The third-order valence-corrected chi connectivity index (χ3v) is 2.88. The van der Waals surface area contributed by atoms with Crippen LogP contribution in [0.4, 0.5) is 4.39 Å². The van der Waals surface area contributed by atoms with Gasteiger partial charge in [0.05, 0.1) is 10.9 Å². The van der Waals surface area contributed by atoms with E-state index in [0.29, 0.717) is 16.6 Å². The molecule has 1 amide bonds. The van der Waals surface area contributed by atoms with Gasteiger partial charge in [0, 0.05) is 13.6 Å². The lowest BCUT2D eigenvalue weighted by molar-refractivity contribution is -0.128. The molecule has 0 radical (unpaired) electrons. The highest BCUT2D eigenvalue weighted by Gasteiger charge is 2.09. The number of nitrogens with zero attached hydrogens (tertiary/aromatic N) is 1. The van der Waals surface area contributed by atoms with Gasteiger partial charge in [0.15, 0.2) is 0 Å². The monoisotopic (exact) mass is 273 g/mol. The van der Waals surface area contributed by atoms with E-state index in [1.807, 2.05) is 6.92 Å². The molecule has 0 aliphatic heterocycles. The molecule has 15 heavy (non-hydrogen) atoms. The van der Waals surface area contributed by atoms with E-state index in [4.69, 9.17) is 0 Å². The molecule has 0 saturated heterocycles. The molecule has 1 aromatic rings. The van der Waals surface area contributed by atoms with Crippen molar-refractivity contribution in [3.8, 4) is 0 Å². The molecule has 2 nitrogen and oxygen atoms in total. The Morgan fingerprint density at radius 1 is 1.53 bits per heavy atom. The number of halogens is 2. The number of amides is 1. The maximum absolute atomic E-state index is 13.1. The number of carbonyl (C=O) groups is 1. The van der Waals surface area contributed by atoms with Crippen LogP contribution in [0.5, 0.6) is 0 Å². The third-order valence-electron chi connectivity index (χ3n) is 2.24. The summed E-state index contributed by atoms with van der Waals surface area (Å²) in [6.45, 7) is 2.57. The molecule has 82 valence electrons. The predicted octanol–water partition coefficient (Wildman–Crippen LogP) is 2.61. The van der Waals surface area contributed by atoms with Crippen LogP contribution in [-0.2, 0) is 11.2 Å². The first kappa shape index (κ1) is 12.2. The average Bonchev–Trinajstić information content (AvgIpc) is 2.22. The van der Waals surface area contributed by atoms with Crippen molar-refractivity contribution < 1.29 is 9.18 Å². The highest BCUT2D eigenvalue weighted by molar-refractivity contribution is 9.10. The van der Waals surface area contributed by atoms with E-state index in [-0.39, 0.29) is 18.1 Å². The first-order valence-electron chi connectivity index (χ1n) is 4.72. The molecule has 4 heteroatoms. The maximum Gasteiger partial charge on any atom is 0.226 e. The van der Waals surface area contributed by atoms with Gasteiger partial charge in [-0.15, -0.1) is 0 Å². The number of benzene rings is 1. The fraction of sp³-hybridized carbons (Fsp3) is 0.364. The van der Waals surface area contributed by atoms with Gasteiger partial charge in [0.25, 0.3) is 0 Å². The van der Waals surface area contributed by atoms with Crippen LogP contribution in [0.1, 0.15) is 12.5 Å². The zero-order valence-electron chi connectivity index (χ0n) is 8.76. The fourth-order valence-electron chi connectivity index (χ4n) is 1.14. The molecule has 0 saturated carbocycles. The van der Waals surface area contributed by atoms with Crippen LogP contribution >= 0.6 is 15.9 Å². The zero-order chi connectivity index (χ0) is 11.4. The largest absolute Gasteiger partial charge is 0.346 e. The highest BCUT2D eigenvalue weighted by atomic mass is 79.9. The van der Waals surface area contributed by atoms with Crippen molar-refractivity contribution in [2.24, 2.45) is 0 Å². The van der Waals surface area contributed by atoms with E-state index in [9.17, 15) is 9.18 Å². The lowest BCUT2D eigenvalue weighted by atomic mass is 10.1. The van der Waals surface area contributed by atoms with Gasteiger partial charge >= 0.3 is 0 Å². The van der Waals surface area contributed by atoms with E-state index < -0.39 is 0 Å². The van der Waals surface area contributed by atoms with Gasteiger partial charge < -0.3 is 4.90 Å². The Morgan fingerprint density at radius 2 is 2.20 bits per heavy atom. The minimum atomic E-state index is -0.334. The van der Waals surface area contributed by atoms with Crippen LogP contribution in [0.3, 0.4) is 0 Å². The summed E-state index contributed by atoms with van der Waals surface area (Å²) in [6, 6.07) is 4.74. The first-order chi connectivity index (χ1) is 7.04. The summed E-state index contributed by atoms with van der Waals surface area (Å²) < 4.78 is 13.6. The van der Waals surface area contributed by atoms with Gasteiger partial charge in [-0.25, -0.2) is 4.39 Å². The molecular formula is C11H13BrFNO. The van der Waals surface area contributed by atoms with E-state index in [1.165, 1.54) is 6.07 Å². The Hall–Kier alpha value is -0.900. The van der Waals surface area contributed by atoms with Gasteiger partial charge in [-0.1, -0.05) is 6.07 Å². The Kier molecular flexibility index (Phi) is 4.27. The van der Waals surface area contributed by atoms with Crippen molar-refractivity contribution in [2.75, 3.05) is 13.6 Å². The Labute approximate surface area is 97.2 Å². The SMILES string of the molecule is CCN(C)C(=O)Cc1ccc(Br)c(F)c1. The zero-order valence-corrected chi connectivity index (χ0v) is 10.3. The van der Waals surface area contributed by atoms with Crippen LogP contribution in [0, 0.1) is 5.82 Å². The first-order valence-corrected chi connectivity index (χ1v) is 5.51. The summed E-state index contributed by atoms with van der Waals surface area (Å²) in [7, 11) is 1.73. The van der Waals surface area contributed by atoms with Crippen molar-refractivity contribution in [1.82, 2.24) is 4.90 Å². The number of hydrogen-bond donors (Lipinski definition) is 0. The quantitative estimate of drug-likeness (QED) is 0.829. The van der Waals surface area contributed by atoms with E-state index in [0.717, 1.165) is 0 Å². The normalized spacial score (nSPS) is 10.1. The summed E-state index contributed by atoms with van der Waals surface area (Å²) in [5.41, 5.74) is 0.695. The van der Waals surface area contributed by atoms with E-state index >= 15 is 0 Å². The molecule has 0 atom stereocenters. The standard InChI is InChI=1S/C11H13BrFNO/c1-3-14(2)11(15)7-8-4-5-9(12)10(13)6-8/h4-6H,3,7H2,1-2H3. The Morgan fingerprint density at radius 3 is 2.73 bits per heavy atom. The van der Waals surface area contributed by atoms with Gasteiger partial charge in [-0.05, 0) is 40.5 Å². The van der Waals surface area contributed by atoms with Gasteiger partial charge in [0.2, 0.25) is 5.91 Å². The minimum absolute atomic E-state index is 0.000720. The number of hydrogen-bond acceptors (Lipinski definition) is 1. The lowest BCUT2D eigenvalue weighted by Gasteiger charge is -2.14. The third kappa shape index (κ3) is 3.30. The van der Waals surface area contributed by atoms with Crippen LogP contribution in [0.25, 0.3) is 0 Å². The van der Waals surface area contributed by atoms with E-state index in [1.54, 1.807) is 24.1 Å². The van der Waals surface area contributed by atoms with Crippen LogP contribution in [-0.4, -0.2) is 24.4 Å².